The van der Waals surface area contributed by atoms with Gasteiger partial charge in [-0.2, -0.15) is 18.3 Å². The van der Waals surface area contributed by atoms with E-state index in [1.54, 1.807) is 31.2 Å². The SMILES string of the molecule is Cc1ccccc1-n1ncc(C(=O)N2CCN(C3CCCC3)CC2)c1C(F)(F)F. The third kappa shape index (κ3) is 3.90. The second-order valence-electron chi connectivity index (χ2n) is 7.87. The Balaban J connectivity index is 1.58. The first-order valence-corrected chi connectivity index (χ1v) is 10.1. The first kappa shape index (κ1) is 19.9. The molecule has 29 heavy (non-hydrogen) atoms. The monoisotopic (exact) mass is 406 g/mol. The summed E-state index contributed by atoms with van der Waals surface area (Å²) < 4.78 is 42.6. The van der Waals surface area contributed by atoms with Gasteiger partial charge in [0.2, 0.25) is 0 Å². The minimum absolute atomic E-state index is 0.324. The van der Waals surface area contributed by atoms with Gasteiger partial charge in [-0.15, -0.1) is 0 Å². The molecule has 1 aromatic heterocycles. The molecule has 1 saturated carbocycles. The van der Waals surface area contributed by atoms with E-state index >= 15 is 0 Å². The molecule has 1 amide bonds. The Morgan fingerprint density at radius 3 is 2.34 bits per heavy atom. The van der Waals surface area contributed by atoms with Gasteiger partial charge >= 0.3 is 6.18 Å². The van der Waals surface area contributed by atoms with Crippen LogP contribution in [0.2, 0.25) is 0 Å². The zero-order valence-corrected chi connectivity index (χ0v) is 16.5. The number of aromatic nitrogens is 2. The Morgan fingerprint density at radius 1 is 1.07 bits per heavy atom. The van der Waals surface area contributed by atoms with E-state index in [0.717, 1.165) is 10.9 Å². The van der Waals surface area contributed by atoms with Crippen LogP contribution < -0.4 is 0 Å². The van der Waals surface area contributed by atoms with Gasteiger partial charge in [0.1, 0.15) is 0 Å². The molecule has 0 unspecified atom stereocenters. The maximum absolute atomic E-state index is 13.9. The molecule has 2 aliphatic rings. The first-order chi connectivity index (χ1) is 13.9. The fourth-order valence-corrected chi connectivity index (χ4v) is 4.49. The van der Waals surface area contributed by atoms with Crippen molar-refractivity contribution < 1.29 is 18.0 Å². The Morgan fingerprint density at radius 2 is 1.72 bits per heavy atom. The number of rotatable bonds is 3. The highest BCUT2D eigenvalue weighted by atomic mass is 19.4. The Kier molecular flexibility index (Phi) is 5.38. The fourth-order valence-electron chi connectivity index (χ4n) is 4.49. The number of carbonyl (C=O) groups is 1. The number of benzene rings is 1. The van der Waals surface area contributed by atoms with E-state index in [2.05, 4.69) is 10.00 Å². The van der Waals surface area contributed by atoms with E-state index in [1.165, 1.54) is 30.6 Å². The van der Waals surface area contributed by atoms with Gasteiger partial charge in [0, 0.05) is 32.2 Å². The van der Waals surface area contributed by atoms with Crippen molar-refractivity contribution in [3.63, 3.8) is 0 Å². The molecule has 1 saturated heterocycles. The van der Waals surface area contributed by atoms with Gasteiger partial charge in [-0.1, -0.05) is 31.0 Å². The van der Waals surface area contributed by atoms with Crippen LogP contribution in [-0.4, -0.2) is 57.7 Å². The van der Waals surface area contributed by atoms with Crippen LogP contribution in [0, 0.1) is 6.92 Å². The van der Waals surface area contributed by atoms with E-state index in [4.69, 9.17) is 0 Å². The van der Waals surface area contributed by atoms with E-state index in [1.807, 2.05) is 0 Å². The highest BCUT2D eigenvalue weighted by Gasteiger charge is 2.42. The molecule has 2 heterocycles. The van der Waals surface area contributed by atoms with Gasteiger partial charge in [0.15, 0.2) is 5.69 Å². The largest absolute Gasteiger partial charge is 0.434 e. The van der Waals surface area contributed by atoms with Crippen LogP contribution in [0.25, 0.3) is 5.69 Å². The van der Waals surface area contributed by atoms with Crippen LogP contribution in [0.15, 0.2) is 30.5 Å². The quantitative estimate of drug-likeness (QED) is 0.776. The maximum Gasteiger partial charge on any atom is 0.434 e. The molecule has 156 valence electrons. The first-order valence-electron chi connectivity index (χ1n) is 10.1. The highest BCUT2D eigenvalue weighted by Crippen LogP contribution is 2.35. The lowest BCUT2D eigenvalue weighted by molar-refractivity contribution is -0.143. The second kappa shape index (κ2) is 7.82. The van der Waals surface area contributed by atoms with Crippen LogP contribution >= 0.6 is 0 Å². The Hall–Kier alpha value is -2.35. The molecule has 2 fully saturated rings. The summed E-state index contributed by atoms with van der Waals surface area (Å²) in [5.74, 6) is -0.594. The number of alkyl halides is 3. The van der Waals surface area contributed by atoms with Gasteiger partial charge < -0.3 is 4.90 Å². The zero-order valence-electron chi connectivity index (χ0n) is 16.5. The lowest BCUT2D eigenvalue weighted by atomic mass is 10.1. The summed E-state index contributed by atoms with van der Waals surface area (Å²) >= 11 is 0. The summed E-state index contributed by atoms with van der Waals surface area (Å²) in [5.41, 5.74) is -0.403. The lowest BCUT2D eigenvalue weighted by Gasteiger charge is -2.38. The Bertz CT molecular complexity index is 878. The molecule has 0 bridgehead atoms. The predicted molar refractivity (Wildman–Crippen MR) is 103 cm³/mol. The van der Waals surface area contributed by atoms with E-state index in [-0.39, 0.29) is 5.56 Å². The van der Waals surface area contributed by atoms with Crippen molar-refractivity contribution in [3.05, 3.63) is 47.3 Å². The molecule has 0 spiro atoms. The average Bonchev–Trinajstić information content (AvgIpc) is 3.38. The molecule has 2 aromatic rings. The topological polar surface area (TPSA) is 41.4 Å². The highest BCUT2D eigenvalue weighted by molar-refractivity contribution is 5.95. The smallest absolute Gasteiger partial charge is 0.336 e. The molecular weight excluding hydrogens is 381 g/mol. The molecule has 0 radical (unpaired) electrons. The summed E-state index contributed by atoms with van der Waals surface area (Å²) in [6, 6.07) is 7.27. The average molecular weight is 406 g/mol. The minimum atomic E-state index is -4.69. The van der Waals surface area contributed by atoms with Crippen molar-refractivity contribution in [1.82, 2.24) is 19.6 Å². The van der Waals surface area contributed by atoms with Crippen molar-refractivity contribution >= 4 is 5.91 Å². The molecule has 0 N–H and O–H groups in total. The summed E-state index contributed by atoms with van der Waals surface area (Å²) in [6.07, 6.45) is 1.19. The van der Waals surface area contributed by atoms with Gasteiger partial charge in [-0.25, -0.2) is 4.68 Å². The van der Waals surface area contributed by atoms with Crippen LogP contribution in [0.3, 0.4) is 0 Å². The number of carbonyl (C=O) groups excluding carboxylic acids is 1. The van der Waals surface area contributed by atoms with E-state index < -0.39 is 17.8 Å². The van der Waals surface area contributed by atoms with E-state index in [0.29, 0.717) is 43.5 Å². The second-order valence-corrected chi connectivity index (χ2v) is 7.87. The van der Waals surface area contributed by atoms with Gasteiger partial charge in [0.25, 0.3) is 5.91 Å². The predicted octanol–water partition coefficient (Wildman–Crippen LogP) is 3.90. The van der Waals surface area contributed by atoms with Gasteiger partial charge in [-0.3, -0.25) is 9.69 Å². The third-order valence-corrected chi connectivity index (χ3v) is 6.05. The number of para-hydroxylation sites is 1. The molecule has 5 nitrogen and oxygen atoms in total. The molecule has 1 aliphatic carbocycles. The van der Waals surface area contributed by atoms with Crippen molar-refractivity contribution in [2.45, 2.75) is 44.8 Å². The van der Waals surface area contributed by atoms with Crippen molar-refractivity contribution in [2.75, 3.05) is 26.2 Å². The molecular formula is C21H25F3N4O. The van der Waals surface area contributed by atoms with Crippen molar-refractivity contribution in [1.29, 1.82) is 0 Å². The summed E-state index contributed by atoms with van der Waals surface area (Å²) in [5, 5.41) is 3.95. The Labute approximate surface area is 168 Å². The molecule has 4 rings (SSSR count). The number of amides is 1. The van der Waals surface area contributed by atoms with Crippen LogP contribution in [-0.2, 0) is 6.18 Å². The van der Waals surface area contributed by atoms with Crippen LogP contribution in [0.5, 0.6) is 0 Å². The molecule has 8 heteroatoms. The number of hydrogen-bond acceptors (Lipinski definition) is 3. The lowest BCUT2D eigenvalue weighted by Crippen LogP contribution is -2.51. The molecule has 1 aromatic carbocycles. The molecule has 0 atom stereocenters. The normalized spacial score (nSPS) is 19.1. The van der Waals surface area contributed by atoms with E-state index in [9.17, 15) is 18.0 Å². The van der Waals surface area contributed by atoms with Crippen molar-refractivity contribution in [2.24, 2.45) is 0 Å². The third-order valence-electron chi connectivity index (χ3n) is 6.05. The van der Waals surface area contributed by atoms with Gasteiger partial charge in [-0.05, 0) is 31.4 Å². The summed E-state index contributed by atoms with van der Waals surface area (Å²) in [4.78, 5) is 16.9. The minimum Gasteiger partial charge on any atom is -0.336 e. The van der Waals surface area contributed by atoms with Crippen LogP contribution in [0.1, 0.15) is 47.3 Å². The van der Waals surface area contributed by atoms with Crippen molar-refractivity contribution in [3.8, 4) is 5.69 Å². The number of halogens is 3. The maximum atomic E-state index is 13.9. The van der Waals surface area contributed by atoms with Gasteiger partial charge in [0.05, 0.1) is 17.4 Å². The standard InChI is InChI=1S/C21H25F3N4O/c1-15-6-2-5-9-18(15)28-19(21(22,23)24)17(14-25-28)20(29)27-12-10-26(11-13-27)16-7-3-4-8-16/h2,5-6,9,14,16H,3-4,7-8,10-13H2,1H3. The number of hydrogen-bond donors (Lipinski definition) is 0. The van der Waals surface area contributed by atoms with Crippen LogP contribution in [0.4, 0.5) is 13.2 Å². The fraction of sp³-hybridized carbons (Fsp3) is 0.524. The number of nitrogens with zero attached hydrogens (tertiary/aromatic N) is 4. The number of aryl methyl sites for hydroxylation is 1. The summed E-state index contributed by atoms with van der Waals surface area (Å²) in [6.45, 7) is 4.04. The molecule has 1 aliphatic heterocycles. The zero-order chi connectivity index (χ0) is 20.6. The summed E-state index contributed by atoms with van der Waals surface area (Å²) in [7, 11) is 0. The number of piperazine rings is 1.